The molecule has 136 valence electrons. The van der Waals surface area contributed by atoms with Crippen molar-refractivity contribution in [3.05, 3.63) is 71.8 Å². The van der Waals surface area contributed by atoms with Gasteiger partial charge in [0.1, 0.15) is 13.2 Å². The molecule has 0 bridgehead atoms. The van der Waals surface area contributed by atoms with Gasteiger partial charge < -0.3 is 15.4 Å². The van der Waals surface area contributed by atoms with E-state index in [1.54, 1.807) is 0 Å². The molecular weight excluding hydrogens is 332 g/mol. The first kappa shape index (κ1) is 19.2. The van der Waals surface area contributed by atoms with Crippen LogP contribution in [0.15, 0.2) is 60.7 Å². The van der Waals surface area contributed by atoms with Crippen LogP contribution in [0.3, 0.4) is 0 Å². The molecule has 0 aliphatic rings. The molecule has 0 heterocycles. The number of benzene rings is 2. The SMILES string of the molecule is CC(=O)NC(CC(=O)NCC(=O)OCc1ccccc1)c1ccccc1. The zero-order chi connectivity index (χ0) is 18.8. The van der Waals surface area contributed by atoms with E-state index in [0.29, 0.717) is 0 Å². The van der Waals surface area contributed by atoms with Crippen molar-refractivity contribution in [3.63, 3.8) is 0 Å². The normalized spacial score (nSPS) is 11.3. The number of esters is 1. The molecule has 0 fully saturated rings. The Hall–Kier alpha value is -3.15. The lowest BCUT2D eigenvalue weighted by atomic mass is 10.0. The molecule has 0 spiro atoms. The summed E-state index contributed by atoms with van der Waals surface area (Å²) >= 11 is 0. The van der Waals surface area contributed by atoms with Crippen LogP contribution in [-0.2, 0) is 25.7 Å². The van der Waals surface area contributed by atoms with Crippen LogP contribution in [0.2, 0.25) is 0 Å². The summed E-state index contributed by atoms with van der Waals surface area (Å²) in [6.45, 7) is 1.34. The fourth-order valence-electron chi connectivity index (χ4n) is 2.40. The standard InChI is InChI=1S/C20H22N2O4/c1-15(23)22-18(17-10-6-3-7-11-17)12-19(24)21-13-20(25)26-14-16-8-4-2-5-9-16/h2-11,18H,12-14H2,1H3,(H,21,24)(H,22,23). The average Bonchev–Trinajstić information content (AvgIpc) is 2.65. The largest absolute Gasteiger partial charge is 0.460 e. The van der Waals surface area contributed by atoms with Crippen LogP contribution in [0.1, 0.15) is 30.5 Å². The Bertz CT molecular complexity index is 732. The molecule has 0 aliphatic carbocycles. The van der Waals surface area contributed by atoms with Crippen molar-refractivity contribution < 1.29 is 19.1 Å². The maximum Gasteiger partial charge on any atom is 0.325 e. The summed E-state index contributed by atoms with van der Waals surface area (Å²) in [6.07, 6.45) is 0.0373. The highest BCUT2D eigenvalue weighted by Crippen LogP contribution is 2.16. The number of amides is 2. The molecule has 0 saturated carbocycles. The third-order valence-electron chi connectivity index (χ3n) is 3.64. The smallest absolute Gasteiger partial charge is 0.325 e. The Balaban J connectivity index is 1.80. The van der Waals surface area contributed by atoms with E-state index in [0.717, 1.165) is 11.1 Å². The van der Waals surface area contributed by atoms with Gasteiger partial charge in [-0.1, -0.05) is 60.7 Å². The third-order valence-corrected chi connectivity index (χ3v) is 3.64. The highest BCUT2D eigenvalue weighted by Gasteiger charge is 2.17. The molecule has 0 saturated heterocycles. The number of rotatable bonds is 8. The van der Waals surface area contributed by atoms with Gasteiger partial charge in [-0.3, -0.25) is 14.4 Å². The van der Waals surface area contributed by atoms with Gasteiger partial charge in [-0.25, -0.2) is 0 Å². The lowest BCUT2D eigenvalue weighted by molar-refractivity contribution is -0.145. The van der Waals surface area contributed by atoms with Gasteiger partial charge in [0.15, 0.2) is 0 Å². The van der Waals surface area contributed by atoms with E-state index in [4.69, 9.17) is 4.74 Å². The Labute approximate surface area is 152 Å². The summed E-state index contributed by atoms with van der Waals surface area (Å²) in [4.78, 5) is 35.2. The fraction of sp³-hybridized carbons (Fsp3) is 0.250. The second-order valence-corrected chi connectivity index (χ2v) is 5.79. The number of hydrogen-bond acceptors (Lipinski definition) is 4. The van der Waals surface area contributed by atoms with Crippen molar-refractivity contribution in [2.45, 2.75) is 26.0 Å². The predicted molar refractivity (Wildman–Crippen MR) is 96.9 cm³/mol. The molecular formula is C20H22N2O4. The zero-order valence-corrected chi connectivity index (χ0v) is 14.6. The van der Waals surface area contributed by atoms with Crippen molar-refractivity contribution in [2.75, 3.05) is 6.54 Å². The van der Waals surface area contributed by atoms with Crippen LogP contribution in [0, 0.1) is 0 Å². The van der Waals surface area contributed by atoms with Gasteiger partial charge in [0.05, 0.1) is 12.5 Å². The molecule has 1 unspecified atom stereocenters. The van der Waals surface area contributed by atoms with Crippen molar-refractivity contribution in [3.8, 4) is 0 Å². The molecule has 26 heavy (non-hydrogen) atoms. The van der Waals surface area contributed by atoms with Gasteiger partial charge >= 0.3 is 5.97 Å². The molecule has 6 nitrogen and oxygen atoms in total. The Kier molecular flexibility index (Phi) is 7.36. The summed E-state index contributed by atoms with van der Waals surface area (Å²) in [5.41, 5.74) is 1.70. The summed E-state index contributed by atoms with van der Waals surface area (Å²) in [5.74, 6) is -1.09. The summed E-state index contributed by atoms with van der Waals surface area (Å²) < 4.78 is 5.11. The Morgan fingerprint density at radius 1 is 0.962 bits per heavy atom. The maximum atomic E-state index is 12.1. The number of hydrogen-bond donors (Lipinski definition) is 2. The van der Waals surface area contributed by atoms with Gasteiger partial charge in [0.2, 0.25) is 11.8 Å². The van der Waals surface area contributed by atoms with E-state index >= 15 is 0 Å². The summed E-state index contributed by atoms with van der Waals surface area (Å²) in [5, 5.41) is 5.27. The van der Waals surface area contributed by atoms with Crippen LogP contribution in [0.4, 0.5) is 0 Å². The summed E-state index contributed by atoms with van der Waals surface area (Å²) in [7, 11) is 0. The first-order valence-electron chi connectivity index (χ1n) is 8.33. The molecule has 2 N–H and O–H groups in total. The van der Waals surface area contributed by atoms with E-state index in [-0.39, 0.29) is 31.4 Å². The van der Waals surface area contributed by atoms with Crippen LogP contribution >= 0.6 is 0 Å². The van der Waals surface area contributed by atoms with Crippen LogP contribution in [0.25, 0.3) is 0 Å². The van der Waals surface area contributed by atoms with Crippen molar-refractivity contribution in [1.82, 2.24) is 10.6 Å². The van der Waals surface area contributed by atoms with E-state index in [1.807, 2.05) is 60.7 Å². The number of ether oxygens (including phenoxy) is 1. The predicted octanol–water partition coefficient (Wildman–Crippen LogP) is 2.11. The maximum absolute atomic E-state index is 12.1. The third kappa shape index (κ3) is 6.76. The highest BCUT2D eigenvalue weighted by molar-refractivity contribution is 5.83. The minimum atomic E-state index is -0.516. The fourth-order valence-corrected chi connectivity index (χ4v) is 2.40. The van der Waals surface area contributed by atoms with Gasteiger partial charge in [0, 0.05) is 6.92 Å². The Morgan fingerprint density at radius 2 is 1.58 bits per heavy atom. The van der Waals surface area contributed by atoms with E-state index in [1.165, 1.54) is 6.92 Å². The van der Waals surface area contributed by atoms with Gasteiger partial charge in [-0.05, 0) is 11.1 Å². The minimum absolute atomic E-state index is 0.0373. The molecule has 2 amide bonds. The topological polar surface area (TPSA) is 84.5 Å². The zero-order valence-electron chi connectivity index (χ0n) is 14.6. The molecule has 0 radical (unpaired) electrons. The monoisotopic (exact) mass is 354 g/mol. The first-order chi connectivity index (χ1) is 12.5. The lowest BCUT2D eigenvalue weighted by Gasteiger charge is -2.18. The average molecular weight is 354 g/mol. The lowest BCUT2D eigenvalue weighted by Crippen LogP contribution is -2.35. The number of carbonyl (C=O) groups is 3. The number of carbonyl (C=O) groups excluding carboxylic acids is 3. The first-order valence-corrected chi connectivity index (χ1v) is 8.33. The second-order valence-electron chi connectivity index (χ2n) is 5.79. The molecule has 2 aromatic rings. The molecule has 6 heteroatoms. The van der Waals surface area contributed by atoms with Crippen LogP contribution in [0.5, 0.6) is 0 Å². The van der Waals surface area contributed by atoms with Gasteiger partial charge in [-0.15, -0.1) is 0 Å². The van der Waals surface area contributed by atoms with E-state index < -0.39 is 12.0 Å². The molecule has 2 aromatic carbocycles. The van der Waals surface area contributed by atoms with Crippen molar-refractivity contribution in [2.24, 2.45) is 0 Å². The van der Waals surface area contributed by atoms with Crippen molar-refractivity contribution >= 4 is 17.8 Å². The highest BCUT2D eigenvalue weighted by atomic mass is 16.5. The van der Waals surface area contributed by atoms with Crippen LogP contribution < -0.4 is 10.6 Å². The minimum Gasteiger partial charge on any atom is -0.460 e. The van der Waals surface area contributed by atoms with E-state index in [2.05, 4.69) is 10.6 Å². The molecule has 0 aliphatic heterocycles. The van der Waals surface area contributed by atoms with E-state index in [9.17, 15) is 14.4 Å². The summed E-state index contributed by atoms with van der Waals surface area (Å²) in [6, 6.07) is 18.0. The van der Waals surface area contributed by atoms with Crippen molar-refractivity contribution in [1.29, 1.82) is 0 Å². The quantitative estimate of drug-likeness (QED) is 0.711. The molecule has 2 rings (SSSR count). The van der Waals surface area contributed by atoms with Gasteiger partial charge in [0.25, 0.3) is 0 Å². The molecule has 0 aromatic heterocycles. The van der Waals surface area contributed by atoms with Gasteiger partial charge in [-0.2, -0.15) is 0 Å². The number of nitrogens with one attached hydrogen (secondary N) is 2. The molecule has 1 atom stereocenters. The Morgan fingerprint density at radius 3 is 2.19 bits per heavy atom. The van der Waals surface area contributed by atoms with Crippen LogP contribution in [-0.4, -0.2) is 24.3 Å². The second kappa shape index (κ2) is 9.98.